The van der Waals surface area contributed by atoms with Crippen LogP contribution in [0, 0.1) is 13.8 Å². The van der Waals surface area contributed by atoms with E-state index in [1.165, 1.54) is 12.3 Å². The number of sulfonamides is 1. The van der Waals surface area contributed by atoms with E-state index in [9.17, 15) is 8.42 Å². The maximum Gasteiger partial charge on any atom is 0.490 e. The fourth-order valence-electron chi connectivity index (χ4n) is 1.89. The topological polar surface area (TPSA) is 99.5 Å². The van der Waals surface area contributed by atoms with Gasteiger partial charge in [-0.2, -0.15) is 0 Å². The maximum atomic E-state index is 12.4. The minimum Gasteiger partial charge on any atom is -0.423 e. The Labute approximate surface area is 123 Å². The third-order valence-corrected chi connectivity index (χ3v) is 4.38. The first kappa shape index (κ1) is 15.5. The predicted molar refractivity (Wildman–Crippen MR) is 80.8 cm³/mol. The van der Waals surface area contributed by atoms with E-state index >= 15 is 0 Å². The van der Waals surface area contributed by atoms with Crippen molar-refractivity contribution in [1.29, 1.82) is 0 Å². The van der Waals surface area contributed by atoms with Crippen LogP contribution < -0.4 is 10.2 Å². The summed E-state index contributed by atoms with van der Waals surface area (Å²) in [6.07, 6.45) is 2.35. The maximum absolute atomic E-state index is 12.4. The van der Waals surface area contributed by atoms with Gasteiger partial charge in [0.25, 0.3) is 10.0 Å². The van der Waals surface area contributed by atoms with Crippen LogP contribution >= 0.6 is 0 Å². The number of hydrogen-bond acceptors (Lipinski definition) is 5. The lowest BCUT2D eigenvalue weighted by molar-refractivity contribution is 0.425. The molecule has 1 heterocycles. The van der Waals surface area contributed by atoms with Crippen LogP contribution in [0.15, 0.2) is 41.6 Å². The van der Waals surface area contributed by atoms with Crippen molar-refractivity contribution in [3.8, 4) is 0 Å². The number of aryl methyl sites for hydroxylation is 2. The number of nitrogens with zero attached hydrogens (tertiary/aromatic N) is 1. The van der Waals surface area contributed by atoms with Gasteiger partial charge in [-0.15, -0.1) is 0 Å². The van der Waals surface area contributed by atoms with E-state index in [2.05, 4.69) is 9.71 Å². The molecule has 8 heteroatoms. The van der Waals surface area contributed by atoms with Crippen molar-refractivity contribution in [3.63, 3.8) is 0 Å². The molecular formula is C13H15BN2O4S. The molecule has 1 aromatic heterocycles. The standard InChI is InChI=1S/C13H15BN2O4S/c1-9-4-3-5-10(2)13(9)16-21(19,20)12-6-11(14(17)18)7-15-8-12/h3-8,16-18H,1-2H3. The number of anilines is 1. The fourth-order valence-corrected chi connectivity index (χ4v) is 3.09. The van der Waals surface area contributed by atoms with Crippen molar-refractivity contribution in [2.75, 3.05) is 4.72 Å². The SMILES string of the molecule is Cc1cccc(C)c1NS(=O)(=O)c1cncc(B(O)O)c1. The molecule has 0 saturated carbocycles. The minimum absolute atomic E-state index is 0.0133. The number of rotatable bonds is 4. The second-order valence-corrected chi connectivity index (χ2v) is 6.38. The quantitative estimate of drug-likeness (QED) is 0.700. The zero-order valence-corrected chi connectivity index (χ0v) is 12.4. The van der Waals surface area contributed by atoms with Crippen LogP contribution in [-0.2, 0) is 10.0 Å². The first-order chi connectivity index (χ1) is 9.81. The minimum atomic E-state index is -3.85. The molecule has 110 valence electrons. The smallest absolute Gasteiger partial charge is 0.423 e. The monoisotopic (exact) mass is 306 g/mol. The lowest BCUT2D eigenvalue weighted by atomic mass is 9.82. The Bertz CT molecular complexity index is 742. The van der Waals surface area contributed by atoms with Gasteiger partial charge in [0.15, 0.2) is 0 Å². The van der Waals surface area contributed by atoms with Gasteiger partial charge < -0.3 is 10.0 Å². The molecule has 0 aliphatic heterocycles. The highest BCUT2D eigenvalue weighted by atomic mass is 32.2. The second kappa shape index (κ2) is 5.84. The van der Waals surface area contributed by atoms with E-state index < -0.39 is 17.1 Å². The van der Waals surface area contributed by atoms with Crippen molar-refractivity contribution in [3.05, 3.63) is 47.8 Å². The van der Waals surface area contributed by atoms with Crippen molar-refractivity contribution < 1.29 is 18.5 Å². The predicted octanol–water partition coefficient (Wildman–Crippen LogP) is 0.179. The van der Waals surface area contributed by atoms with Crippen LogP contribution in [0.25, 0.3) is 0 Å². The number of pyridine rings is 1. The van der Waals surface area contributed by atoms with Gasteiger partial charge in [-0.3, -0.25) is 9.71 Å². The molecule has 0 aliphatic carbocycles. The molecular weight excluding hydrogens is 291 g/mol. The van der Waals surface area contributed by atoms with Gasteiger partial charge in [-0.05, 0) is 31.0 Å². The Hall–Kier alpha value is -1.90. The number of hydrogen-bond donors (Lipinski definition) is 3. The van der Waals surface area contributed by atoms with Gasteiger partial charge in [0.1, 0.15) is 4.90 Å². The van der Waals surface area contributed by atoms with Gasteiger partial charge >= 0.3 is 7.12 Å². The first-order valence-electron chi connectivity index (χ1n) is 6.21. The Balaban J connectivity index is 2.41. The summed E-state index contributed by atoms with van der Waals surface area (Å²) in [6.45, 7) is 3.61. The normalized spacial score (nSPS) is 11.2. The zero-order chi connectivity index (χ0) is 15.6. The molecule has 1 aromatic carbocycles. The second-order valence-electron chi connectivity index (χ2n) is 4.70. The highest BCUT2D eigenvalue weighted by Gasteiger charge is 2.20. The van der Waals surface area contributed by atoms with E-state index in [-0.39, 0.29) is 10.4 Å². The molecule has 0 unspecified atom stereocenters. The number of aromatic nitrogens is 1. The zero-order valence-electron chi connectivity index (χ0n) is 11.6. The van der Waals surface area contributed by atoms with Crippen LogP contribution in [0.3, 0.4) is 0 Å². The Morgan fingerprint density at radius 3 is 2.33 bits per heavy atom. The summed E-state index contributed by atoms with van der Waals surface area (Å²) in [5.74, 6) is 0. The first-order valence-corrected chi connectivity index (χ1v) is 7.69. The van der Waals surface area contributed by atoms with Gasteiger partial charge in [-0.25, -0.2) is 8.42 Å². The Morgan fingerprint density at radius 2 is 1.76 bits per heavy atom. The van der Waals surface area contributed by atoms with E-state index in [1.807, 2.05) is 6.07 Å². The lowest BCUT2D eigenvalue weighted by Gasteiger charge is -2.13. The number of benzene rings is 1. The molecule has 0 atom stereocenters. The molecule has 0 aliphatic rings. The summed E-state index contributed by atoms with van der Waals surface area (Å²) < 4.78 is 27.2. The number of nitrogens with one attached hydrogen (secondary N) is 1. The van der Waals surface area contributed by atoms with Crippen molar-refractivity contribution in [2.24, 2.45) is 0 Å². The summed E-state index contributed by atoms with van der Waals surface area (Å²) in [5.41, 5.74) is 2.11. The average Bonchev–Trinajstić information content (AvgIpc) is 2.43. The van der Waals surface area contributed by atoms with E-state index in [0.29, 0.717) is 5.69 Å². The number of para-hydroxylation sites is 1. The van der Waals surface area contributed by atoms with E-state index in [0.717, 1.165) is 17.3 Å². The third-order valence-electron chi connectivity index (χ3n) is 3.06. The summed E-state index contributed by atoms with van der Waals surface area (Å²) >= 11 is 0. The molecule has 0 fully saturated rings. The summed E-state index contributed by atoms with van der Waals surface area (Å²) in [5, 5.41) is 18.2. The van der Waals surface area contributed by atoms with Gasteiger partial charge in [0, 0.05) is 17.9 Å². The molecule has 3 N–H and O–H groups in total. The molecule has 21 heavy (non-hydrogen) atoms. The summed E-state index contributed by atoms with van der Waals surface area (Å²) in [6, 6.07) is 6.62. The van der Waals surface area contributed by atoms with E-state index in [4.69, 9.17) is 10.0 Å². The molecule has 0 amide bonds. The van der Waals surface area contributed by atoms with Crippen LogP contribution in [0.5, 0.6) is 0 Å². The van der Waals surface area contributed by atoms with Crippen LogP contribution in [0.1, 0.15) is 11.1 Å². The lowest BCUT2D eigenvalue weighted by Crippen LogP contribution is -2.31. The molecule has 2 rings (SSSR count). The molecule has 0 spiro atoms. The van der Waals surface area contributed by atoms with Gasteiger partial charge in [-0.1, -0.05) is 18.2 Å². The van der Waals surface area contributed by atoms with Crippen LogP contribution in [0.2, 0.25) is 0 Å². The average molecular weight is 306 g/mol. The van der Waals surface area contributed by atoms with Crippen molar-refractivity contribution in [1.82, 2.24) is 4.98 Å². The highest BCUT2D eigenvalue weighted by Crippen LogP contribution is 2.22. The Kier molecular flexibility index (Phi) is 4.31. The molecule has 0 saturated heterocycles. The summed E-state index contributed by atoms with van der Waals surface area (Å²) in [4.78, 5) is 3.59. The largest absolute Gasteiger partial charge is 0.490 e. The van der Waals surface area contributed by atoms with E-state index in [1.54, 1.807) is 26.0 Å². The Morgan fingerprint density at radius 1 is 1.14 bits per heavy atom. The van der Waals surface area contributed by atoms with Crippen LogP contribution in [-0.4, -0.2) is 30.6 Å². The molecule has 0 radical (unpaired) electrons. The molecule has 6 nitrogen and oxygen atoms in total. The van der Waals surface area contributed by atoms with Gasteiger partial charge in [0.2, 0.25) is 0 Å². The third kappa shape index (κ3) is 3.41. The summed E-state index contributed by atoms with van der Waals surface area (Å²) in [7, 11) is -5.62. The van der Waals surface area contributed by atoms with Gasteiger partial charge in [0.05, 0.1) is 5.69 Å². The molecule has 0 bridgehead atoms. The van der Waals surface area contributed by atoms with Crippen LogP contribution in [0.4, 0.5) is 5.69 Å². The van der Waals surface area contributed by atoms with Crippen molar-refractivity contribution in [2.45, 2.75) is 18.7 Å². The fraction of sp³-hybridized carbons (Fsp3) is 0.154. The molecule has 2 aromatic rings. The van der Waals surface area contributed by atoms with Crippen molar-refractivity contribution >= 4 is 28.3 Å². The highest BCUT2D eigenvalue weighted by molar-refractivity contribution is 7.92.